The predicted molar refractivity (Wildman–Crippen MR) is 109 cm³/mol. The van der Waals surface area contributed by atoms with E-state index in [1.54, 1.807) is 27.9 Å². The fourth-order valence-corrected chi connectivity index (χ4v) is 4.38. The first-order valence-electron chi connectivity index (χ1n) is 9.65. The van der Waals surface area contributed by atoms with Crippen molar-refractivity contribution in [3.05, 3.63) is 41.9 Å². The summed E-state index contributed by atoms with van der Waals surface area (Å²) in [6.07, 6.45) is 4.96. The topological polar surface area (TPSA) is 59.0 Å². The number of hydrogen-bond acceptors (Lipinski definition) is 6. The molecule has 2 aromatic heterocycles. The Labute approximate surface area is 171 Å². The van der Waals surface area contributed by atoms with Crippen LogP contribution in [0, 0.1) is 5.92 Å². The molecule has 0 bridgehead atoms. The van der Waals surface area contributed by atoms with Crippen LogP contribution in [0.3, 0.4) is 0 Å². The second-order valence-electron chi connectivity index (χ2n) is 7.69. The number of ketones is 1. The number of benzene rings is 1. The summed E-state index contributed by atoms with van der Waals surface area (Å²) in [6.45, 7) is 1.73. The summed E-state index contributed by atoms with van der Waals surface area (Å²) in [7, 11) is 0. The Hall–Kier alpha value is -2.32. The fraction of sp³-hybridized carbons (Fsp3) is 0.429. The van der Waals surface area contributed by atoms with Gasteiger partial charge in [-0.1, -0.05) is 12.1 Å². The lowest BCUT2D eigenvalue weighted by Crippen LogP contribution is -2.42. The van der Waals surface area contributed by atoms with Crippen molar-refractivity contribution >= 4 is 28.0 Å². The SMILES string of the molecule is CC(F)(F)CN1CCC(C(=O)Cc2ncc3ccc(-c4cncs4)cc3n2)CC1. The van der Waals surface area contributed by atoms with Crippen LogP contribution >= 0.6 is 11.3 Å². The molecule has 0 spiro atoms. The van der Waals surface area contributed by atoms with E-state index in [-0.39, 0.29) is 24.7 Å². The van der Waals surface area contributed by atoms with Crippen molar-refractivity contribution in [2.45, 2.75) is 32.1 Å². The molecule has 1 aromatic carbocycles. The number of piperidine rings is 1. The number of nitrogens with zero attached hydrogens (tertiary/aromatic N) is 4. The molecular formula is C21H22F2N4OS. The van der Waals surface area contributed by atoms with Gasteiger partial charge in [0.2, 0.25) is 0 Å². The average molecular weight is 416 g/mol. The Morgan fingerprint density at radius 3 is 2.76 bits per heavy atom. The van der Waals surface area contributed by atoms with Crippen LogP contribution in [0.4, 0.5) is 8.78 Å². The Morgan fingerprint density at radius 2 is 2.07 bits per heavy atom. The normalized spacial score (nSPS) is 16.4. The van der Waals surface area contributed by atoms with Crippen LogP contribution in [0.2, 0.25) is 0 Å². The number of carbonyl (C=O) groups excluding carboxylic acids is 1. The molecule has 3 heterocycles. The molecular weight excluding hydrogens is 394 g/mol. The molecule has 152 valence electrons. The highest BCUT2D eigenvalue weighted by Gasteiger charge is 2.30. The number of fused-ring (bicyclic) bond motifs is 1. The summed E-state index contributed by atoms with van der Waals surface area (Å²) in [4.78, 5) is 28.5. The van der Waals surface area contributed by atoms with Crippen LogP contribution in [-0.4, -0.2) is 51.2 Å². The van der Waals surface area contributed by atoms with E-state index < -0.39 is 5.92 Å². The lowest BCUT2D eigenvalue weighted by Gasteiger charge is -2.32. The molecule has 0 radical (unpaired) electrons. The minimum Gasteiger partial charge on any atom is -0.299 e. The monoisotopic (exact) mass is 416 g/mol. The van der Waals surface area contributed by atoms with Crippen LogP contribution in [-0.2, 0) is 11.2 Å². The molecule has 0 unspecified atom stereocenters. The van der Waals surface area contributed by atoms with Crippen molar-refractivity contribution in [2.75, 3.05) is 19.6 Å². The molecule has 29 heavy (non-hydrogen) atoms. The summed E-state index contributed by atoms with van der Waals surface area (Å²) in [6, 6.07) is 5.97. The highest BCUT2D eigenvalue weighted by molar-refractivity contribution is 7.13. The van der Waals surface area contributed by atoms with Gasteiger partial charge in [-0.15, -0.1) is 11.3 Å². The van der Waals surface area contributed by atoms with Gasteiger partial charge in [0.25, 0.3) is 5.92 Å². The molecule has 0 atom stereocenters. The van der Waals surface area contributed by atoms with Gasteiger partial charge in [-0.3, -0.25) is 14.7 Å². The maximum atomic E-state index is 13.2. The lowest BCUT2D eigenvalue weighted by molar-refractivity contribution is -0.124. The number of Topliss-reactive ketones (excluding diaryl/α,β-unsaturated/α-hetero) is 1. The number of carbonyl (C=O) groups is 1. The van der Waals surface area contributed by atoms with Crippen LogP contribution in [0.1, 0.15) is 25.6 Å². The molecule has 8 heteroatoms. The molecule has 0 aliphatic carbocycles. The molecule has 1 fully saturated rings. The number of thiazole rings is 1. The highest BCUT2D eigenvalue weighted by Crippen LogP contribution is 2.27. The maximum absolute atomic E-state index is 13.2. The maximum Gasteiger partial charge on any atom is 0.257 e. The largest absolute Gasteiger partial charge is 0.299 e. The van der Waals surface area contributed by atoms with Gasteiger partial charge < -0.3 is 0 Å². The van der Waals surface area contributed by atoms with Crippen LogP contribution < -0.4 is 0 Å². The zero-order chi connectivity index (χ0) is 20.4. The Kier molecular flexibility index (Phi) is 5.65. The average Bonchev–Trinajstić information content (AvgIpc) is 3.21. The van der Waals surface area contributed by atoms with Gasteiger partial charge >= 0.3 is 0 Å². The predicted octanol–water partition coefficient (Wildman–Crippen LogP) is 4.23. The third kappa shape index (κ3) is 5.00. The van der Waals surface area contributed by atoms with Gasteiger partial charge in [-0.05, 0) is 37.6 Å². The van der Waals surface area contributed by atoms with Gasteiger partial charge in [0, 0.05) is 30.6 Å². The van der Waals surface area contributed by atoms with E-state index in [1.807, 2.05) is 24.4 Å². The van der Waals surface area contributed by atoms with E-state index in [0.717, 1.165) is 28.3 Å². The van der Waals surface area contributed by atoms with E-state index in [0.29, 0.717) is 31.8 Å². The second-order valence-corrected chi connectivity index (χ2v) is 8.58. The Balaban J connectivity index is 1.42. The molecule has 1 saturated heterocycles. The summed E-state index contributed by atoms with van der Waals surface area (Å²) in [5.41, 5.74) is 3.63. The molecule has 0 N–H and O–H groups in total. The number of hydrogen-bond donors (Lipinski definition) is 0. The van der Waals surface area contributed by atoms with Gasteiger partial charge in [-0.2, -0.15) is 0 Å². The standard InChI is InChI=1S/C21H22F2N4OS/c1-21(22,23)12-27-6-4-14(5-7-27)18(28)9-20-25-10-16-3-2-15(8-17(16)26-20)19-11-24-13-29-19/h2-3,8,10-11,13-14H,4-7,9,12H2,1H3. The first-order chi connectivity index (χ1) is 13.9. The first kappa shape index (κ1) is 20.0. The van der Waals surface area contributed by atoms with E-state index in [2.05, 4.69) is 15.0 Å². The third-order valence-corrected chi connectivity index (χ3v) is 6.05. The van der Waals surface area contributed by atoms with Crippen LogP contribution in [0.25, 0.3) is 21.3 Å². The van der Waals surface area contributed by atoms with Crippen molar-refractivity contribution in [3.8, 4) is 10.4 Å². The van der Waals surface area contributed by atoms with Crippen molar-refractivity contribution in [3.63, 3.8) is 0 Å². The summed E-state index contributed by atoms with van der Waals surface area (Å²) in [5, 5.41) is 0.920. The van der Waals surface area contributed by atoms with E-state index in [1.165, 1.54) is 0 Å². The molecule has 5 nitrogen and oxygen atoms in total. The van der Waals surface area contributed by atoms with Crippen LogP contribution in [0.5, 0.6) is 0 Å². The zero-order valence-electron chi connectivity index (χ0n) is 16.1. The number of halogens is 2. The Bertz CT molecular complexity index is 996. The highest BCUT2D eigenvalue weighted by atomic mass is 32.1. The molecule has 0 amide bonds. The minimum atomic E-state index is -2.70. The zero-order valence-corrected chi connectivity index (χ0v) is 17.0. The van der Waals surface area contributed by atoms with Crippen molar-refractivity contribution in [1.82, 2.24) is 19.9 Å². The minimum absolute atomic E-state index is 0.0888. The van der Waals surface area contributed by atoms with Gasteiger partial charge in [-0.25, -0.2) is 18.7 Å². The quantitative estimate of drug-likeness (QED) is 0.602. The summed E-state index contributed by atoms with van der Waals surface area (Å²) >= 11 is 1.56. The molecule has 0 saturated carbocycles. The molecule has 4 rings (SSSR count). The summed E-state index contributed by atoms with van der Waals surface area (Å²) < 4.78 is 26.3. The van der Waals surface area contributed by atoms with Gasteiger partial charge in [0.15, 0.2) is 0 Å². The number of likely N-dealkylation sites (tertiary alicyclic amines) is 1. The third-order valence-electron chi connectivity index (χ3n) is 5.23. The molecule has 1 aliphatic rings. The van der Waals surface area contributed by atoms with Gasteiger partial charge in [0.1, 0.15) is 11.6 Å². The first-order valence-corrected chi connectivity index (χ1v) is 10.5. The van der Waals surface area contributed by atoms with Crippen molar-refractivity contribution in [2.24, 2.45) is 5.92 Å². The number of rotatable bonds is 6. The van der Waals surface area contributed by atoms with Crippen molar-refractivity contribution in [1.29, 1.82) is 0 Å². The fourth-order valence-electron chi connectivity index (χ4n) is 3.76. The van der Waals surface area contributed by atoms with Gasteiger partial charge in [0.05, 0.1) is 28.9 Å². The number of aromatic nitrogens is 3. The second kappa shape index (κ2) is 8.20. The number of alkyl halides is 2. The van der Waals surface area contributed by atoms with Crippen LogP contribution in [0.15, 0.2) is 36.1 Å². The molecule has 3 aromatic rings. The van der Waals surface area contributed by atoms with E-state index >= 15 is 0 Å². The lowest BCUT2D eigenvalue weighted by atomic mass is 9.90. The van der Waals surface area contributed by atoms with Crippen molar-refractivity contribution < 1.29 is 13.6 Å². The smallest absolute Gasteiger partial charge is 0.257 e. The molecule has 1 aliphatic heterocycles. The Morgan fingerprint density at radius 1 is 1.28 bits per heavy atom. The van der Waals surface area contributed by atoms with E-state index in [4.69, 9.17) is 0 Å². The van der Waals surface area contributed by atoms with E-state index in [9.17, 15) is 13.6 Å². The summed E-state index contributed by atoms with van der Waals surface area (Å²) in [5.74, 6) is -2.22.